The smallest absolute Gasteiger partial charge is 0.230 e. The topological polar surface area (TPSA) is 54.9 Å². The number of carbonyl (C=O) groups is 1. The van der Waals surface area contributed by atoms with Crippen molar-refractivity contribution in [3.8, 4) is 0 Å². The fraction of sp³-hybridized carbons (Fsp3) is 0.267. The number of benzene rings is 1. The van der Waals surface area contributed by atoms with Gasteiger partial charge in [-0.15, -0.1) is 0 Å². The van der Waals surface area contributed by atoms with Gasteiger partial charge in [0.2, 0.25) is 5.91 Å². The summed E-state index contributed by atoms with van der Waals surface area (Å²) in [5.41, 5.74) is 1.11. The van der Waals surface area contributed by atoms with Crippen molar-refractivity contribution in [3.05, 3.63) is 52.8 Å². The molecule has 1 amide bonds. The first kappa shape index (κ1) is 16.0. The van der Waals surface area contributed by atoms with Crippen molar-refractivity contribution in [1.82, 2.24) is 15.3 Å². The van der Waals surface area contributed by atoms with Crippen LogP contribution in [0, 0.1) is 0 Å². The highest BCUT2D eigenvalue weighted by Crippen LogP contribution is 2.20. The van der Waals surface area contributed by atoms with Gasteiger partial charge in [0.1, 0.15) is 0 Å². The molecule has 1 aromatic carbocycles. The van der Waals surface area contributed by atoms with Crippen molar-refractivity contribution in [3.63, 3.8) is 0 Å². The maximum absolute atomic E-state index is 12.0. The molecule has 110 valence electrons. The van der Waals surface area contributed by atoms with E-state index in [4.69, 9.17) is 0 Å². The van der Waals surface area contributed by atoms with Crippen molar-refractivity contribution in [2.75, 3.05) is 5.75 Å². The van der Waals surface area contributed by atoms with Crippen molar-refractivity contribution in [2.24, 2.45) is 0 Å². The molecular weight excluding hydrogens is 350 g/mol. The zero-order chi connectivity index (χ0) is 15.1. The van der Waals surface area contributed by atoms with E-state index < -0.39 is 0 Å². The molecule has 0 aliphatic carbocycles. The van der Waals surface area contributed by atoms with E-state index in [1.807, 2.05) is 24.3 Å². The third-order valence-corrected chi connectivity index (χ3v) is 4.29. The van der Waals surface area contributed by atoms with Crippen molar-refractivity contribution in [1.29, 1.82) is 0 Å². The van der Waals surface area contributed by atoms with Gasteiger partial charge in [-0.3, -0.25) is 4.79 Å². The molecule has 4 nitrogen and oxygen atoms in total. The molecule has 2 rings (SSSR count). The Bertz CT molecular complexity index is 577. The van der Waals surface area contributed by atoms with Gasteiger partial charge in [0, 0.05) is 16.9 Å². The Morgan fingerprint density at radius 3 is 2.57 bits per heavy atom. The van der Waals surface area contributed by atoms with Crippen molar-refractivity contribution < 1.29 is 4.79 Å². The molecule has 1 atom stereocenters. The summed E-state index contributed by atoms with van der Waals surface area (Å²) in [5.74, 6) is 0.305. The summed E-state index contributed by atoms with van der Waals surface area (Å²) in [4.78, 5) is 20.2. The summed E-state index contributed by atoms with van der Waals surface area (Å²) >= 11 is 4.75. The van der Waals surface area contributed by atoms with Crippen LogP contribution < -0.4 is 5.32 Å². The lowest BCUT2D eigenvalue weighted by Crippen LogP contribution is -2.29. The average Bonchev–Trinajstić information content (AvgIpc) is 2.52. The highest BCUT2D eigenvalue weighted by molar-refractivity contribution is 9.10. The predicted octanol–water partition coefficient (Wildman–Crippen LogP) is 3.60. The van der Waals surface area contributed by atoms with E-state index >= 15 is 0 Å². The van der Waals surface area contributed by atoms with Gasteiger partial charge < -0.3 is 5.32 Å². The first-order valence-corrected chi connectivity index (χ1v) is 8.41. The molecule has 0 aliphatic heterocycles. The Morgan fingerprint density at radius 1 is 1.29 bits per heavy atom. The summed E-state index contributed by atoms with van der Waals surface area (Å²) in [6, 6.07) is 9.79. The summed E-state index contributed by atoms with van der Waals surface area (Å²) in [7, 11) is 0. The molecule has 2 aromatic rings. The molecule has 0 aliphatic rings. The summed E-state index contributed by atoms with van der Waals surface area (Å²) in [6.07, 6.45) is 4.19. The van der Waals surface area contributed by atoms with Gasteiger partial charge in [-0.2, -0.15) is 0 Å². The largest absolute Gasteiger partial charge is 0.349 e. The molecule has 0 radical (unpaired) electrons. The third-order valence-electron chi connectivity index (χ3n) is 2.89. The predicted molar refractivity (Wildman–Crippen MR) is 88.1 cm³/mol. The van der Waals surface area contributed by atoms with Crippen LogP contribution in [-0.4, -0.2) is 21.6 Å². The lowest BCUT2D eigenvalue weighted by molar-refractivity contribution is -0.119. The van der Waals surface area contributed by atoms with Gasteiger partial charge in [0.15, 0.2) is 5.16 Å². The van der Waals surface area contributed by atoms with Gasteiger partial charge in [0.25, 0.3) is 0 Å². The van der Waals surface area contributed by atoms with Crippen LogP contribution in [0.25, 0.3) is 0 Å². The molecule has 0 saturated heterocycles. The second-order valence-corrected chi connectivity index (χ2v) is 6.26. The second-order valence-electron chi connectivity index (χ2n) is 4.40. The Labute approximate surface area is 136 Å². The van der Waals surface area contributed by atoms with Crippen LogP contribution in [0.5, 0.6) is 0 Å². The summed E-state index contributed by atoms with van der Waals surface area (Å²) in [6.45, 7) is 2.06. The lowest BCUT2D eigenvalue weighted by atomic mass is 10.0. The van der Waals surface area contributed by atoms with Crippen molar-refractivity contribution >= 4 is 33.6 Å². The minimum absolute atomic E-state index is 0.0118. The first-order chi connectivity index (χ1) is 10.2. The fourth-order valence-electron chi connectivity index (χ4n) is 1.84. The number of hydrogen-bond acceptors (Lipinski definition) is 4. The molecular formula is C15H16BrN3OS. The number of nitrogens with one attached hydrogen (secondary N) is 1. The number of carbonyl (C=O) groups excluding carboxylic acids is 1. The van der Waals surface area contributed by atoms with E-state index in [9.17, 15) is 4.79 Å². The Kier molecular flexibility index (Phi) is 6.20. The SMILES string of the molecule is CC[C@@H](NC(=O)CSc1ncccn1)c1ccc(Br)cc1. The van der Waals surface area contributed by atoms with Crippen LogP contribution in [0.15, 0.2) is 52.4 Å². The van der Waals surface area contributed by atoms with E-state index in [0.717, 1.165) is 16.5 Å². The van der Waals surface area contributed by atoms with Gasteiger partial charge in [-0.1, -0.05) is 46.7 Å². The molecule has 6 heteroatoms. The number of hydrogen-bond donors (Lipinski definition) is 1. The van der Waals surface area contributed by atoms with Crippen LogP contribution in [0.1, 0.15) is 24.9 Å². The number of halogens is 1. The molecule has 0 saturated carbocycles. The number of nitrogens with zero attached hydrogens (tertiary/aromatic N) is 2. The molecule has 0 spiro atoms. The molecule has 0 fully saturated rings. The van der Waals surface area contributed by atoms with E-state index in [2.05, 4.69) is 38.1 Å². The summed E-state index contributed by atoms with van der Waals surface area (Å²) < 4.78 is 1.03. The second kappa shape index (κ2) is 8.14. The Hall–Kier alpha value is -1.40. The van der Waals surface area contributed by atoms with Gasteiger partial charge >= 0.3 is 0 Å². The monoisotopic (exact) mass is 365 g/mol. The highest BCUT2D eigenvalue weighted by atomic mass is 79.9. The zero-order valence-electron chi connectivity index (χ0n) is 11.6. The standard InChI is InChI=1S/C15H16BrN3OS/c1-2-13(11-4-6-12(16)7-5-11)19-14(20)10-21-15-17-8-3-9-18-15/h3-9,13H,2,10H2,1H3,(H,19,20)/t13-/m1/s1. The Morgan fingerprint density at radius 2 is 1.95 bits per heavy atom. The summed E-state index contributed by atoms with van der Waals surface area (Å²) in [5, 5.41) is 3.66. The highest BCUT2D eigenvalue weighted by Gasteiger charge is 2.13. The van der Waals surface area contributed by atoms with Gasteiger partial charge in [0.05, 0.1) is 11.8 Å². The molecule has 1 N–H and O–H groups in total. The molecule has 0 unspecified atom stereocenters. The molecule has 0 bridgehead atoms. The maximum atomic E-state index is 12.0. The number of thioether (sulfide) groups is 1. The average molecular weight is 366 g/mol. The Balaban J connectivity index is 1.89. The fourth-order valence-corrected chi connectivity index (χ4v) is 2.72. The first-order valence-electron chi connectivity index (χ1n) is 6.63. The number of amides is 1. The van der Waals surface area contributed by atoms with Crippen LogP contribution in [0.4, 0.5) is 0 Å². The van der Waals surface area contributed by atoms with Crippen LogP contribution >= 0.6 is 27.7 Å². The van der Waals surface area contributed by atoms with Crippen LogP contribution in [-0.2, 0) is 4.79 Å². The third kappa shape index (κ3) is 5.13. The van der Waals surface area contributed by atoms with Crippen molar-refractivity contribution in [2.45, 2.75) is 24.5 Å². The van der Waals surface area contributed by atoms with E-state index in [1.54, 1.807) is 18.5 Å². The molecule has 1 heterocycles. The maximum Gasteiger partial charge on any atom is 0.230 e. The van der Waals surface area contributed by atoms with E-state index in [-0.39, 0.29) is 11.9 Å². The van der Waals surface area contributed by atoms with Crippen LogP contribution in [0.3, 0.4) is 0 Å². The van der Waals surface area contributed by atoms with Crippen LogP contribution in [0.2, 0.25) is 0 Å². The normalized spacial score (nSPS) is 11.9. The number of aromatic nitrogens is 2. The quantitative estimate of drug-likeness (QED) is 0.627. The number of rotatable bonds is 6. The minimum atomic E-state index is -0.0118. The van der Waals surface area contributed by atoms with E-state index in [0.29, 0.717) is 10.9 Å². The van der Waals surface area contributed by atoms with E-state index in [1.165, 1.54) is 11.8 Å². The van der Waals surface area contributed by atoms with Gasteiger partial charge in [-0.05, 0) is 30.2 Å². The lowest BCUT2D eigenvalue weighted by Gasteiger charge is -2.17. The van der Waals surface area contributed by atoms with Gasteiger partial charge in [-0.25, -0.2) is 9.97 Å². The molecule has 21 heavy (non-hydrogen) atoms. The molecule has 1 aromatic heterocycles. The zero-order valence-corrected chi connectivity index (χ0v) is 14.0. The minimum Gasteiger partial charge on any atom is -0.349 e.